The largest absolute Gasteiger partial charge is 0.416 e. The van der Waals surface area contributed by atoms with Crippen LogP contribution in [0.5, 0.6) is 0 Å². The fourth-order valence-corrected chi connectivity index (χ4v) is 2.57. The van der Waals surface area contributed by atoms with Crippen LogP contribution in [0.2, 0.25) is 0 Å². The van der Waals surface area contributed by atoms with Crippen molar-refractivity contribution in [2.75, 3.05) is 33.4 Å². The van der Waals surface area contributed by atoms with Gasteiger partial charge in [-0.05, 0) is 17.7 Å². The molecule has 23 heavy (non-hydrogen) atoms. The Bertz CT molecular complexity index is 530. The Morgan fingerprint density at radius 2 is 2.04 bits per heavy atom. The van der Waals surface area contributed by atoms with E-state index in [1.165, 1.54) is 19.2 Å². The van der Waals surface area contributed by atoms with Crippen molar-refractivity contribution < 1.29 is 27.4 Å². The Hall–Kier alpha value is -1.60. The molecule has 1 fully saturated rings. The standard InChI is InChI=1S/C16H20F3NO3/c1-11(10-22-2)15(21)20-7-8-23-14(9-20)12-3-5-13(6-4-12)16(17,18)19/h3-6,11,14H,7-10H2,1-2H3/t11-,14+/m0/s1. The van der Waals surface area contributed by atoms with E-state index in [9.17, 15) is 18.0 Å². The lowest BCUT2D eigenvalue weighted by Crippen LogP contribution is -2.45. The van der Waals surface area contributed by atoms with Crippen LogP contribution in [0.25, 0.3) is 0 Å². The monoisotopic (exact) mass is 331 g/mol. The molecule has 0 saturated carbocycles. The maximum Gasteiger partial charge on any atom is 0.416 e. The molecule has 4 nitrogen and oxygen atoms in total. The van der Waals surface area contributed by atoms with Crippen LogP contribution >= 0.6 is 0 Å². The summed E-state index contributed by atoms with van der Waals surface area (Å²) in [5, 5.41) is 0. The van der Waals surface area contributed by atoms with Crippen LogP contribution in [0.1, 0.15) is 24.2 Å². The molecule has 0 bridgehead atoms. The second kappa shape index (κ2) is 7.31. The van der Waals surface area contributed by atoms with E-state index in [0.29, 0.717) is 31.9 Å². The highest BCUT2D eigenvalue weighted by Gasteiger charge is 2.31. The number of ether oxygens (including phenoxy) is 2. The van der Waals surface area contributed by atoms with E-state index in [-0.39, 0.29) is 11.8 Å². The molecule has 2 atom stereocenters. The summed E-state index contributed by atoms with van der Waals surface area (Å²) in [7, 11) is 1.54. The summed E-state index contributed by atoms with van der Waals surface area (Å²) in [4.78, 5) is 14.0. The molecule has 1 aliphatic rings. The third-order valence-electron chi connectivity index (χ3n) is 3.83. The van der Waals surface area contributed by atoms with Gasteiger partial charge in [0.1, 0.15) is 6.10 Å². The molecule has 1 amide bonds. The number of morpholine rings is 1. The number of benzene rings is 1. The molecule has 0 unspecified atom stereocenters. The van der Waals surface area contributed by atoms with Crippen LogP contribution in [0.15, 0.2) is 24.3 Å². The smallest absolute Gasteiger partial charge is 0.384 e. The average Bonchev–Trinajstić information content (AvgIpc) is 2.54. The minimum atomic E-state index is -4.36. The van der Waals surface area contributed by atoms with Gasteiger partial charge in [0.2, 0.25) is 5.91 Å². The van der Waals surface area contributed by atoms with Gasteiger partial charge in [0, 0.05) is 13.7 Å². The van der Waals surface area contributed by atoms with E-state index in [0.717, 1.165) is 12.1 Å². The average molecular weight is 331 g/mol. The van der Waals surface area contributed by atoms with Crippen LogP contribution in [-0.4, -0.2) is 44.2 Å². The van der Waals surface area contributed by atoms with Gasteiger partial charge in [-0.1, -0.05) is 19.1 Å². The molecular weight excluding hydrogens is 311 g/mol. The quantitative estimate of drug-likeness (QED) is 0.852. The maximum atomic E-state index is 12.6. The maximum absolute atomic E-state index is 12.6. The molecule has 1 heterocycles. The zero-order valence-corrected chi connectivity index (χ0v) is 13.1. The van der Waals surface area contributed by atoms with Crippen LogP contribution < -0.4 is 0 Å². The molecule has 128 valence electrons. The Kier molecular flexibility index (Phi) is 5.64. The van der Waals surface area contributed by atoms with Gasteiger partial charge in [-0.25, -0.2) is 0 Å². The summed E-state index contributed by atoms with van der Waals surface area (Å²) in [6, 6.07) is 4.88. The van der Waals surface area contributed by atoms with Crippen molar-refractivity contribution in [3.05, 3.63) is 35.4 Å². The van der Waals surface area contributed by atoms with Crippen molar-refractivity contribution in [3.8, 4) is 0 Å². The SMILES string of the molecule is COC[C@H](C)C(=O)N1CCO[C@@H](c2ccc(C(F)(F)F)cc2)C1. The van der Waals surface area contributed by atoms with Gasteiger partial charge in [0.25, 0.3) is 0 Å². The number of hydrogen-bond acceptors (Lipinski definition) is 3. The van der Waals surface area contributed by atoms with Crippen LogP contribution in [0.4, 0.5) is 13.2 Å². The van der Waals surface area contributed by atoms with E-state index in [4.69, 9.17) is 9.47 Å². The van der Waals surface area contributed by atoms with Crippen LogP contribution in [0, 0.1) is 5.92 Å². The zero-order chi connectivity index (χ0) is 17.0. The number of alkyl halides is 3. The number of methoxy groups -OCH3 is 1. The number of amides is 1. The van der Waals surface area contributed by atoms with Crippen molar-refractivity contribution in [3.63, 3.8) is 0 Å². The highest BCUT2D eigenvalue weighted by atomic mass is 19.4. The van der Waals surface area contributed by atoms with E-state index in [1.807, 2.05) is 0 Å². The minimum absolute atomic E-state index is 0.0351. The summed E-state index contributed by atoms with van der Waals surface area (Å²) in [6.45, 7) is 3.29. The second-order valence-electron chi connectivity index (χ2n) is 5.62. The fraction of sp³-hybridized carbons (Fsp3) is 0.562. The highest BCUT2D eigenvalue weighted by Crippen LogP contribution is 2.31. The molecule has 1 aromatic carbocycles. The number of hydrogen-bond donors (Lipinski definition) is 0. The summed E-state index contributed by atoms with van der Waals surface area (Å²) in [5.41, 5.74) is -0.0615. The van der Waals surface area contributed by atoms with E-state index < -0.39 is 17.8 Å². The number of carbonyl (C=O) groups excluding carboxylic acids is 1. The van der Waals surface area contributed by atoms with Gasteiger partial charge < -0.3 is 14.4 Å². The van der Waals surface area contributed by atoms with Gasteiger partial charge in [-0.2, -0.15) is 13.2 Å². The molecule has 7 heteroatoms. The van der Waals surface area contributed by atoms with E-state index in [2.05, 4.69) is 0 Å². The molecule has 1 aliphatic heterocycles. The zero-order valence-electron chi connectivity index (χ0n) is 13.1. The lowest BCUT2D eigenvalue weighted by atomic mass is 10.0. The molecule has 1 aromatic rings. The lowest BCUT2D eigenvalue weighted by molar-refractivity contribution is -0.144. The molecule has 0 aromatic heterocycles. The Morgan fingerprint density at radius 3 is 2.61 bits per heavy atom. The highest BCUT2D eigenvalue weighted by molar-refractivity contribution is 5.78. The predicted octanol–water partition coefficient (Wildman–Crippen LogP) is 2.89. The van der Waals surface area contributed by atoms with E-state index >= 15 is 0 Å². The molecular formula is C16H20F3NO3. The number of rotatable bonds is 4. The molecule has 0 spiro atoms. The van der Waals surface area contributed by atoms with Gasteiger partial charge >= 0.3 is 6.18 Å². The van der Waals surface area contributed by atoms with Gasteiger partial charge in [-0.15, -0.1) is 0 Å². The van der Waals surface area contributed by atoms with Crippen LogP contribution in [0.3, 0.4) is 0 Å². The second-order valence-corrected chi connectivity index (χ2v) is 5.62. The lowest BCUT2D eigenvalue weighted by Gasteiger charge is -2.34. The number of halogens is 3. The minimum Gasteiger partial charge on any atom is -0.384 e. The summed E-state index contributed by atoms with van der Waals surface area (Å²) in [6.07, 6.45) is -4.77. The van der Waals surface area contributed by atoms with Gasteiger partial charge in [0.05, 0.1) is 31.2 Å². The Balaban J connectivity index is 2.05. The normalized spacial score (nSPS) is 20.4. The van der Waals surface area contributed by atoms with Gasteiger partial charge in [-0.3, -0.25) is 4.79 Å². The molecule has 2 rings (SSSR count). The first kappa shape index (κ1) is 17.7. The first-order chi connectivity index (χ1) is 10.8. The Labute approximate surface area is 133 Å². The predicted molar refractivity (Wildman–Crippen MR) is 77.8 cm³/mol. The fourth-order valence-electron chi connectivity index (χ4n) is 2.57. The number of carbonyl (C=O) groups is 1. The van der Waals surface area contributed by atoms with Crippen molar-refractivity contribution in [2.45, 2.75) is 19.2 Å². The van der Waals surface area contributed by atoms with Crippen molar-refractivity contribution in [2.24, 2.45) is 5.92 Å². The molecule has 0 radical (unpaired) electrons. The third-order valence-corrected chi connectivity index (χ3v) is 3.83. The summed E-state index contributed by atoms with van der Waals surface area (Å²) >= 11 is 0. The van der Waals surface area contributed by atoms with Crippen molar-refractivity contribution >= 4 is 5.91 Å². The molecule has 0 aliphatic carbocycles. The first-order valence-electron chi connectivity index (χ1n) is 7.39. The van der Waals surface area contributed by atoms with Crippen molar-refractivity contribution in [1.82, 2.24) is 4.90 Å². The van der Waals surface area contributed by atoms with Crippen LogP contribution in [-0.2, 0) is 20.4 Å². The van der Waals surface area contributed by atoms with Crippen molar-refractivity contribution in [1.29, 1.82) is 0 Å². The van der Waals surface area contributed by atoms with Gasteiger partial charge in [0.15, 0.2) is 0 Å². The first-order valence-corrected chi connectivity index (χ1v) is 7.39. The molecule has 1 saturated heterocycles. The Morgan fingerprint density at radius 1 is 1.39 bits per heavy atom. The molecule has 0 N–H and O–H groups in total. The number of nitrogens with zero attached hydrogens (tertiary/aromatic N) is 1. The summed E-state index contributed by atoms with van der Waals surface area (Å²) < 4.78 is 48.4. The topological polar surface area (TPSA) is 38.8 Å². The third kappa shape index (κ3) is 4.45. The van der Waals surface area contributed by atoms with E-state index in [1.54, 1.807) is 11.8 Å². The summed E-state index contributed by atoms with van der Waals surface area (Å²) in [5.74, 6) is -0.293.